The number of carbonyl (C=O) groups excluding carboxylic acids is 1. The van der Waals surface area contributed by atoms with Gasteiger partial charge >= 0.3 is 6.09 Å². The molecule has 0 saturated carbocycles. The van der Waals surface area contributed by atoms with Gasteiger partial charge in [-0.05, 0) is 57.7 Å². The molecule has 1 aliphatic rings. The van der Waals surface area contributed by atoms with Crippen molar-refractivity contribution in [1.29, 1.82) is 0 Å². The Bertz CT molecular complexity index is 1570. The summed E-state index contributed by atoms with van der Waals surface area (Å²) < 4.78 is 21.1. The minimum atomic E-state index is -0.520. The number of benzene rings is 1. The van der Waals surface area contributed by atoms with Crippen LogP contribution in [-0.4, -0.2) is 56.1 Å². The van der Waals surface area contributed by atoms with Crippen molar-refractivity contribution in [3.63, 3.8) is 0 Å². The highest BCUT2D eigenvalue weighted by Gasteiger charge is 2.29. The summed E-state index contributed by atoms with van der Waals surface area (Å²) >= 11 is 1.29. The van der Waals surface area contributed by atoms with Gasteiger partial charge in [-0.25, -0.2) is 24.0 Å². The molecule has 0 bridgehead atoms. The van der Waals surface area contributed by atoms with E-state index in [1.54, 1.807) is 23.2 Å². The second-order valence-electron chi connectivity index (χ2n) is 10.8. The maximum Gasteiger partial charge on any atom is 0.410 e. The lowest BCUT2D eigenvalue weighted by Crippen LogP contribution is -2.41. The SMILES string of the molecule is [C-]#[N+]c1sc(N(C)c2c(CC)nc3cnc(C4CCN(C(=O)OC(C)(C)C)CC4)cn23)nc1-c1ccc(F)cc1. The number of rotatable bonds is 5. The third kappa shape index (κ3) is 5.49. The van der Waals surface area contributed by atoms with Crippen LogP contribution in [0.15, 0.2) is 36.7 Å². The van der Waals surface area contributed by atoms with E-state index in [0.717, 1.165) is 35.7 Å². The first kappa shape index (κ1) is 27.5. The summed E-state index contributed by atoms with van der Waals surface area (Å²) in [6.45, 7) is 16.6. The Hall–Kier alpha value is -4.04. The van der Waals surface area contributed by atoms with Crippen LogP contribution in [0.5, 0.6) is 0 Å². The van der Waals surface area contributed by atoms with Crippen LogP contribution < -0.4 is 4.90 Å². The number of thiazole rings is 1. The van der Waals surface area contributed by atoms with E-state index < -0.39 is 5.60 Å². The number of likely N-dealkylation sites (tertiary alicyclic amines) is 1. The van der Waals surface area contributed by atoms with E-state index in [1.165, 1.54) is 23.5 Å². The van der Waals surface area contributed by atoms with Crippen molar-refractivity contribution in [3.05, 3.63) is 65.3 Å². The number of carbonyl (C=O) groups is 1. The van der Waals surface area contributed by atoms with Crippen molar-refractivity contribution in [1.82, 2.24) is 24.3 Å². The minimum absolute atomic E-state index is 0.201. The van der Waals surface area contributed by atoms with E-state index in [1.807, 2.05) is 43.3 Å². The number of ether oxygens (including phenoxy) is 1. The van der Waals surface area contributed by atoms with E-state index in [2.05, 4.69) is 11.8 Å². The zero-order valence-corrected chi connectivity index (χ0v) is 24.1. The Morgan fingerprint density at radius 2 is 1.93 bits per heavy atom. The van der Waals surface area contributed by atoms with Crippen LogP contribution in [0.1, 0.15) is 57.8 Å². The molecule has 0 N–H and O–H groups in total. The standard InChI is InChI=1S/C29H32FN7O2S/c1-7-21-26(35(6)27-34-24(25(31-5)40-27)19-8-10-20(30)11-9-19)37-17-22(32-16-23(37)33-21)18-12-14-36(15-13-18)28(38)39-29(2,3)4/h8-11,16-18H,7,12-15H2,1-4,6H3. The van der Waals surface area contributed by atoms with Crippen molar-refractivity contribution in [2.75, 3.05) is 25.0 Å². The Labute approximate surface area is 237 Å². The van der Waals surface area contributed by atoms with Crippen molar-refractivity contribution < 1.29 is 13.9 Å². The zero-order chi connectivity index (χ0) is 28.6. The number of aromatic nitrogens is 4. The van der Waals surface area contributed by atoms with E-state index in [9.17, 15) is 9.18 Å². The summed E-state index contributed by atoms with van der Waals surface area (Å²) in [6, 6.07) is 6.02. The number of hydrogen-bond acceptors (Lipinski definition) is 7. The quantitative estimate of drug-likeness (QED) is 0.244. The fourth-order valence-corrected chi connectivity index (χ4v) is 5.74. The van der Waals surface area contributed by atoms with Gasteiger partial charge in [-0.2, -0.15) is 0 Å². The van der Waals surface area contributed by atoms with Gasteiger partial charge in [0, 0.05) is 32.3 Å². The Balaban J connectivity index is 1.43. The molecule has 3 aromatic heterocycles. The lowest BCUT2D eigenvalue weighted by Gasteiger charge is -2.33. The topological polar surface area (TPSA) is 80.2 Å². The van der Waals surface area contributed by atoms with Crippen LogP contribution in [0.4, 0.5) is 25.1 Å². The molecule has 1 fully saturated rings. The molecule has 4 aromatic rings. The van der Waals surface area contributed by atoms with Gasteiger partial charge in [-0.3, -0.25) is 9.38 Å². The minimum Gasteiger partial charge on any atom is -0.444 e. The molecule has 11 heteroatoms. The summed E-state index contributed by atoms with van der Waals surface area (Å²) in [5.74, 6) is 0.731. The molecule has 0 radical (unpaired) electrons. The molecule has 40 heavy (non-hydrogen) atoms. The van der Waals surface area contributed by atoms with Crippen molar-refractivity contribution >= 4 is 39.0 Å². The average molecular weight is 562 g/mol. The van der Waals surface area contributed by atoms with Gasteiger partial charge in [0.15, 0.2) is 10.8 Å². The Morgan fingerprint density at radius 3 is 2.55 bits per heavy atom. The Morgan fingerprint density at radius 1 is 1.23 bits per heavy atom. The van der Waals surface area contributed by atoms with Gasteiger partial charge in [0.05, 0.1) is 29.9 Å². The van der Waals surface area contributed by atoms with Crippen molar-refractivity contribution in [3.8, 4) is 11.3 Å². The number of nitrogens with zero attached hydrogens (tertiary/aromatic N) is 7. The number of halogens is 1. The highest BCUT2D eigenvalue weighted by Crippen LogP contribution is 2.42. The van der Waals surface area contributed by atoms with Crippen LogP contribution in [0.2, 0.25) is 0 Å². The van der Waals surface area contributed by atoms with Crippen LogP contribution in [0.25, 0.3) is 21.7 Å². The number of aryl methyl sites for hydroxylation is 1. The number of imidazole rings is 1. The summed E-state index contributed by atoms with van der Waals surface area (Å²) in [4.78, 5) is 34.3. The molecule has 0 atom stereocenters. The summed E-state index contributed by atoms with van der Waals surface area (Å²) in [6.07, 6.45) is 5.84. The van der Waals surface area contributed by atoms with Gasteiger partial charge in [0.25, 0.3) is 5.00 Å². The summed E-state index contributed by atoms with van der Waals surface area (Å²) in [5, 5.41) is 1.09. The summed E-state index contributed by atoms with van der Waals surface area (Å²) in [5.41, 5.74) is 3.28. The second kappa shape index (κ2) is 10.8. The molecule has 0 unspecified atom stereocenters. The van der Waals surface area contributed by atoms with Crippen molar-refractivity contribution in [2.24, 2.45) is 0 Å². The van der Waals surface area contributed by atoms with E-state index >= 15 is 0 Å². The molecule has 1 aromatic carbocycles. The number of fused-ring (bicyclic) bond motifs is 1. The van der Waals surface area contributed by atoms with Crippen LogP contribution in [0.3, 0.4) is 0 Å². The molecular formula is C29H32FN7O2S. The third-order valence-electron chi connectivity index (χ3n) is 6.89. The second-order valence-corrected chi connectivity index (χ2v) is 11.8. The lowest BCUT2D eigenvalue weighted by molar-refractivity contribution is 0.0204. The smallest absolute Gasteiger partial charge is 0.410 e. The van der Waals surface area contributed by atoms with E-state index in [4.69, 9.17) is 26.3 Å². The predicted octanol–water partition coefficient (Wildman–Crippen LogP) is 6.99. The first-order valence-electron chi connectivity index (χ1n) is 13.3. The summed E-state index contributed by atoms with van der Waals surface area (Å²) in [7, 11) is 1.92. The molecule has 4 heterocycles. The predicted molar refractivity (Wildman–Crippen MR) is 154 cm³/mol. The fourth-order valence-electron chi connectivity index (χ4n) is 4.90. The average Bonchev–Trinajstić information content (AvgIpc) is 3.53. The number of amides is 1. The normalized spacial score (nSPS) is 14.4. The fraction of sp³-hybridized carbons (Fsp3) is 0.414. The van der Waals surface area contributed by atoms with Crippen LogP contribution in [-0.2, 0) is 11.2 Å². The van der Waals surface area contributed by atoms with Gasteiger partial charge in [-0.1, -0.05) is 19.1 Å². The van der Waals surface area contributed by atoms with Crippen LogP contribution >= 0.6 is 11.3 Å². The molecule has 1 aliphatic heterocycles. The van der Waals surface area contributed by atoms with Gasteiger partial charge in [0.2, 0.25) is 0 Å². The molecule has 9 nitrogen and oxygen atoms in total. The molecule has 5 rings (SSSR count). The number of hydrogen-bond donors (Lipinski definition) is 0. The lowest BCUT2D eigenvalue weighted by atomic mass is 9.94. The van der Waals surface area contributed by atoms with Crippen molar-refractivity contribution in [2.45, 2.75) is 58.5 Å². The largest absolute Gasteiger partial charge is 0.444 e. The number of piperidine rings is 1. The van der Waals surface area contributed by atoms with E-state index in [-0.39, 0.29) is 17.8 Å². The first-order valence-corrected chi connectivity index (χ1v) is 14.1. The van der Waals surface area contributed by atoms with Gasteiger partial charge in [-0.15, -0.1) is 11.3 Å². The maximum absolute atomic E-state index is 13.5. The highest BCUT2D eigenvalue weighted by molar-refractivity contribution is 7.20. The molecule has 208 valence electrons. The number of anilines is 2. The maximum atomic E-state index is 13.5. The molecule has 1 amide bonds. The van der Waals surface area contributed by atoms with E-state index in [0.29, 0.717) is 40.9 Å². The molecule has 0 spiro atoms. The zero-order valence-electron chi connectivity index (χ0n) is 23.3. The molecule has 0 aliphatic carbocycles. The highest BCUT2D eigenvalue weighted by atomic mass is 32.1. The van der Waals surface area contributed by atoms with Gasteiger partial charge in [0.1, 0.15) is 17.2 Å². The molecule has 1 saturated heterocycles. The third-order valence-corrected chi connectivity index (χ3v) is 7.92. The van der Waals surface area contributed by atoms with Gasteiger partial charge < -0.3 is 14.5 Å². The Kier molecular flexibility index (Phi) is 7.47. The monoisotopic (exact) mass is 561 g/mol. The van der Waals surface area contributed by atoms with Crippen LogP contribution in [0, 0.1) is 12.4 Å². The molecular weight excluding hydrogens is 529 g/mol. The first-order chi connectivity index (χ1) is 19.1.